The van der Waals surface area contributed by atoms with E-state index in [0.29, 0.717) is 5.15 Å². The van der Waals surface area contributed by atoms with Gasteiger partial charge in [-0.2, -0.15) is 0 Å². The highest BCUT2D eigenvalue weighted by Crippen LogP contribution is 2.33. The first-order valence-electron chi connectivity index (χ1n) is 10.3. The molecule has 8 nitrogen and oxygen atoms in total. The number of aromatic amines is 2. The van der Waals surface area contributed by atoms with E-state index in [9.17, 15) is 0 Å². The van der Waals surface area contributed by atoms with Gasteiger partial charge in [0.15, 0.2) is 5.15 Å². The molecule has 4 rings (SSSR count). The number of H-pyrrole nitrogens is 2. The van der Waals surface area contributed by atoms with Crippen molar-refractivity contribution in [1.29, 1.82) is 0 Å². The summed E-state index contributed by atoms with van der Waals surface area (Å²) >= 11 is 6.41. The Kier molecular flexibility index (Phi) is 8.08. The number of hydrogen-bond acceptors (Lipinski definition) is 5. The molecule has 1 aromatic carbocycles. The first kappa shape index (κ1) is 22.8. The number of rotatable bonds is 7. The highest BCUT2D eigenvalue weighted by atomic mass is 35.5. The maximum Gasteiger partial charge on any atom is 0.290 e. The van der Waals surface area contributed by atoms with Crippen LogP contribution in [0, 0.1) is 0 Å². The zero-order valence-corrected chi connectivity index (χ0v) is 18.5. The largest absolute Gasteiger partial charge is 0.497 e. The van der Waals surface area contributed by atoms with Crippen LogP contribution in [-0.2, 0) is 24.3 Å². The second-order valence-electron chi connectivity index (χ2n) is 7.42. The first-order chi connectivity index (χ1) is 15.1. The van der Waals surface area contributed by atoms with Crippen molar-refractivity contribution in [1.82, 2.24) is 24.8 Å². The van der Waals surface area contributed by atoms with Crippen molar-refractivity contribution < 1.29 is 14.6 Å². The lowest BCUT2D eigenvalue weighted by molar-refractivity contribution is -0.122. The summed E-state index contributed by atoms with van der Waals surface area (Å²) in [7, 11) is 1.69. The minimum Gasteiger partial charge on any atom is -0.497 e. The van der Waals surface area contributed by atoms with Crippen LogP contribution in [0.3, 0.4) is 0 Å². The standard InChI is InChI=1S/C21H26ClN5O.CH2O2/c1-3-4-5-19-25-18(21(22)26-19)12-27-10-16(20-17(11-27)23-13-24-20)14-6-8-15(28-2)9-7-14;2-1-3/h6-9,13,16H,3-5,10-12H2,1-2H3,(H,23,24)(H,25,26);1H,(H,2,3). The van der Waals surface area contributed by atoms with Gasteiger partial charge < -0.3 is 19.8 Å². The van der Waals surface area contributed by atoms with Gasteiger partial charge in [0.1, 0.15) is 11.6 Å². The highest BCUT2D eigenvalue weighted by Gasteiger charge is 2.29. The van der Waals surface area contributed by atoms with Gasteiger partial charge in [0.05, 0.1) is 30.5 Å². The number of aryl methyl sites for hydroxylation is 1. The minimum atomic E-state index is -0.250. The SMILES string of the molecule is CCCCc1nc(Cl)c(CN2Cc3[nH]cnc3C(c3ccc(OC)cc3)C2)[nH]1.O=CO. The molecule has 1 atom stereocenters. The molecular weight excluding hydrogens is 418 g/mol. The molecule has 0 aliphatic carbocycles. The monoisotopic (exact) mass is 445 g/mol. The predicted octanol–water partition coefficient (Wildman–Crippen LogP) is 3.99. The topological polar surface area (TPSA) is 107 Å². The van der Waals surface area contributed by atoms with Gasteiger partial charge in [-0.25, -0.2) is 9.97 Å². The van der Waals surface area contributed by atoms with Gasteiger partial charge in [0.25, 0.3) is 6.47 Å². The summed E-state index contributed by atoms with van der Waals surface area (Å²) in [5, 5.41) is 7.47. The lowest BCUT2D eigenvalue weighted by Crippen LogP contribution is -2.34. The molecule has 3 heterocycles. The Morgan fingerprint density at radius 2 is 2.10 bits per heavy atom. The van der Waals surface area contributed by atoms with Crippen LogP contribution >= 0.6 is 11.6 Å². The molecule has 0 saturated carbocycles. The maximum absolute atomic E-state index is 8.36. The van der Waals surface area contributed by atoms with Crippen molar-refractivity contribution in [2.75, 3.05) is 13.7 Å². The Morgan fingerprint density at radius 1 is 1.35 bits per heavy atom. The van der Waals surface area contributed by atoms with Crippen LogP contribution in [0.4, 0.5) is 0 Å². The number of benzene rings is 1. The quantitative estimate of drug-likeness (QED) is 0.475. The molecule has 0 saturated heterocycles. The van der Waals surface area contributed by atoms with Gasteiger partial charge in [0.2, 0.25) is 0 Å². The number of methoxy groups -OCH3 is 1. The van der Waals surface area contributed by atoms with Crippen LogP contribution < -0.4 is 4.74 Å². The van der Waals surface area contributed by atoms with Gasteiger partial charge in [-0.05, 0) is 24.1 Å². The zero-order valence-electron chi connectivity index (χ0n) is 17.8. The third-order valence-corrected chi connectivity index (χ3v) is 5.66. The predicted molar refractivity (Wildman–Crippen MR) is 118 cm³/mol. The normalized spacial score (nSPS) is 15.6. The fraction of sp³-hybridized carbons (Fsp3) is 0.409. The lowest BCUT2D eigenvalue weighted by atomic mass is 9.91. The second kappa shape index (κ2) is 11.0. The number of ether oxygens (including phenoxy) is 1. The van der Waals surface area contributed by atoms with E-state index in [1.165, 1.54) is 5.56 Å². The molecule has 0 amide bonds. The molecule has 1 unspecified atom stereocenters. The third-order valence-electron chi connectivity index (χ3n) is 5.35. The van der Waals surface area contributed by atoms with Crippen molar-refractivity contribution >= 4 is 18.1 Å². The van der Waals surface area contributed by atoms with Crippen molar-refractivity contribution in [3.8, 4) is 5.75 Å². The van der Waals surface area contributed by atoms with E-state index in [1.807, 2.05) is 12.1 Å². The number of aromatic nitrogens is 4. The van der Waals surface area contributed by atoms with Crippen molar-refractivity contribution in [3.63, 3.8) is 0 Å². The van der Waals surface area contributed by atoms with Crippen LogP contribution in [0.2, 0.25) is 5.15 Å². The van der Waals surface area contributed by atoms with Crippen molar-refractivity contribution in [3.05, 3.63) is 64.2 Å². The molecule has 3 aromatic rings. The molecule has 0 radical (unpaired) electrons. The number of hydrogen-bond donors (Lipinski definition) is 3. The number of nitrogens with zero attached hydrogens (tertiary/aromatic N) is 3. The Hall–Kier alpha value is -2.84. The summed E-state index contributed by atoms with van der Waals surface area (Å²) in [5.74, 6) is 2.05. The fourth-order valence-corrected chi connectivity index (χ4v) is 4.05. The van der Waals surface area contributed by atoms with Gasteiger partial charge in [-0.15, -0.1) is 0 Å². The van der Waals surface area contributed by atoms with E-state index in [-0.39, 0.29) is 12.4 Å². The summed E-state index contributed by atoms with van der Waals surface area (Å²) in [5.41, 5.74) is 4.51. The lowest BCUT2D eigenvalue weighted by Gasteiger charge is -2.32. The van der Waals surface area contributed by atoms with Gasteiger partial charge >= 0.3 is 0 Å². The minimum absolute atomic E-state index is 0.210. The third kappa shape index (κ3) is 5.65. The van der Waals surface area contributed by atoms with Crippen molar-refractivity contribution in [2.45, 2.75) is 45.2 Å². The molecule has 166 valence electrons. The van der Waals surface area contributed by atoms with Crippen molar-refractivity contribution in [2.24, 2.45) is 0 Å². The molecule has 9 heteroatoms. The highest BCUT2D eigenvalue weighted by molar-refractivity contribution is 6.30. The Labute approximate surface area is 186 Å². The first-order valence-corrected chi connectivity index (χ1v) is 10.7. The molecule has 1 aliphatic heterocycles. The summed E-state index contributed by atoms with van der Waals surface area (Å²) in [6.07, 6.45) is 4.99. The number of fused-ring (bicyclic) bond motifs is 1. The number of halogens is 1. The molecule has 0 bridgehead atoms. The Morgan fingerprint density at radius 3 is 2.77 bits per heavy atom. The van der Waals surface area contributed by atoms with E-state index < -0.39 is 0 Å². The van der Waals surface area contributed by atoms with Crippen LogP contribution in [0.25, 0.3) is 0 Å². The smallest absolute Gasteiger partial charge is 0.290 e. The number of nitrogens with one attached hydrogen (secondary N) is 2. The summed E-state index contributed by atoms with van der Waals surface area (Å²) in [6.45, 7) is 4.37. The second-order valence-corrected chi connectivity index (χ2v) is 7.78. The summed E-state index contributed by atoms with van der Waals surface area (Å²) in [6, 6.07) is 8.26. The molecule has 0 fully saturated rings. The van der Waals surface area contributed by atoms with Gasteiger partial charge in [0, 0.05) is 32.0 Å². The maximum atomic E-state index is 8.36. The van der Waals surface area contributed by atoms with E-state index in [1.54, 1.807) is 13.4 Å². The summed E-state index contributed by atoms with van der Waals surface area (Å²) < 4.78 is 5.30. The van der Waals surface area contributed by atoms with Gasteiger partial charge in [-0.3, -0.25) is 9.69 Å². The van der Waals surface area contributed by atoms with E-state index >= 15 is 0 Å². The molecule has 1 aliphatic rings. The van der Waals surface area contributed by atoms with E-state index in [2.05, 4.69) is 43.9 Å². The number of imidazole rings is 2. The zero-order chi connectivity index (χ0) is 22.2. The van der Waals surface area contributed by atoms with Crippen LogP contribution in [0.5, 0.6) is 5.75 Å². The Balaban J connectivity index is 0.000000858. The average molecular weight is 446 g/mol. The van der Waals surface area contributed by atoms with Crippen LogP contribution in [-0.4, -0.2) is 50.1 Å². The van der Waals surface area contributed by atoms with Crippen LogP contribution in [0.1, 0.15) is 54.2 Å². The fourth-order valence-electron chi connectivity index (χ4n) is 3.84. The molecule has 31 heavy (non-hydrogen) atoms. The van der Waals surface area contributed by atoms with E-state index in [4.69, 9.17) is 26.2 Å². The average Bonchev–Trinajstić information content (AvgIpc) is 3.39. The molecule has 3 N–H and O–H groups in total. The number of unbranched alkanes of at least 4 members (excludes halogenated alkanes) is 1. The molecule has 2 aromatic heterocycles. The molecule has 0 spiro atoms. The number of carbonyl (C=O) groups is 1. The van der Waals surface area contributed by atoms with E-state index in [0.717, 1.165) is 67.6 Å². The van der Waals surface area contributed by atoms with Crippen LogP contribution in [0.15, 0.2) is 30.6 Å². The molecular formula is C22H28ClN5O3. The number of carboxylic acid groups (broad SMARTS) is 1. The van der Waals surface area contributed by atoms with Gasteiger partial charge in [-0.1, -0.05) is 37.1 Å². The summed E-state index contributed by atoms with van der Waals surface area (Å²) in [4.78, 5) is 26.6. The Bertz CT molecular complexity index is 970.